The van der Waals surface area contributed by atoms with Gasteiger partial charge in [0.25, 0.3) is 0 Å². The zero-order valence-corrected chi connectivity index (χ0v) is 36.1. The van der Waals surface area contributed by atoms with Gasteiger partial charge in [-0.1, -0.05) is 224 Å². The molecule has 3 aromatic heterocycles. The number of hydrogen-bond donors (Lipinski definition) is 0. The summed E-state index contributed by atoms with van der Waals surface area (Å²) in [4.78, 5) is 29.8. The van der Waals surface area contributed by atoms with Gasteiger partial charge < -0.3 is 4.57 Å². The van der Waals surface area contributed by atoms with Gasteiger partial charge in [-0.2, -0.15) is 0 Å². The summed E-state index contributed by atoms with van der Waals surface area (Å²) in [6, 6.07) is 81.4. The van der Waals surface area contributed by atoms with Crippen LogP contribution in [0.5, 0.6) is 0 Å². The first kappa shape index (κ1) is 39.4. The van der Waals surface area contributed by atoms with E-state index >= 15 is 0 Å². The number of aromatic nitrogens is 7. The van der Waals surface area contributed by atoms with E-state index in [1.165, 1.54) is 10.8 Å². The second-order valence-electron chi connectivity index (χ2n) is 16.3. The molecule has 0 saturated heterocycles. The van der Waals surface area contributed by atoms with Crippen LogP contribution in [0.15, 0.2) is 237 Å². The van der Waals surface area contributed by atoms with E-state index in [1.54, 1.807) is 0 Å². The van der Waals surface area contributed by atoms with Crippen molar-refractivity contribution in [3.05, 3.63) is 237 Å². The van der Waals surface area contributed by atoms with E-state index in [4.69, 9.17) is 29.9 Å². The number of para-hydroxylation sites is 3. The highest BCUT2D eigenvalue weighted by atomic mass is 15.0. The normalized spacial score (nSPS) is 11.3. The highest BCUT2D eigenvalue weighted by Gasteiger charge is 2.21. The maximum Gasteiger partial charge on any atom is 0.164 e. The van der Waals surface area contributed by atoms with Crippen LogP contribution in [-0.4, -0.2) is 34.5 Å². The van der Waals surface area contributed by atoms with Crippen molar-refractivity contribution in [2.45, 2.75) is 0 Å². The van der Waals surface area contributed by atoms with Crippen molar-refractivity contribution in [1.82, 2.24) is 34.5 Å². The lowest BCUT2D eigenvalue weighted by Gasteiger charge is -2.14. The minimum atomic E-state index is 0.621. The lowest BCUT2D eigenvalue weighted by molar-refractivity contribution is 1.07. The van der Waals surface area contributed by atoms with Gasteiger partial charge in [0.2, 0.25) is 0 Å². The van der Waals surface area contributed by atoms with Gasteiger partial charge in [-0.25, -0.2) is 29.9 Å². The summed E-state index contributed by atoms with van der Waals surface area (Å²) in [5.74, 6) is 3.78. The Morgan fingerprint density at radius 3 is 0.761 bits per heavy atom. The number of nitrogens with zero attached hydrogens (tertiary/aromatic N) is 7. The first-order valence-electron chi connectivity index (χ1n) is 22.3. The monoisotopic (exact) mass is 857 g/mol. The van der Waals surface area contributed by atoms with Gasteiger partial charge in [0.15, 0.2) is 34.9 Å². The van der Waals surface area contributed by atoms with E-state index in [0.717, 1.165) is 72.4 Å². The summed E-state index contributed by atoms with van der Waals surface area (Å²) in [7, 11) is 0. The van der Waals surface area contributed by atoms with E-state index in [-0.39, 0.29) is 0 Å². The van der Waals surface area contributed by atoms with Gasteiger partial charge in [0.1, 0.15) is 0 Å². The van der Waals surface area contributed by atoms with Gasteiger partial charge in [-0.15, -0.1) is 0 Å². The van der Waals surface area contributed by atoms with Crippen molar-refractivity contribution < 1.29 is 0 Å². The highest BCUT2D eigenvalue weighted by Crippen LogP contribution is 2.42. The highest BCUT2D eigenvalue weighted by molar-refractivity contribution is 6.17. The predicted octanol–water partition coefficient (Wildman–Crippen LogP) is 14.5. The van der Waals surface area contributed by atoms with Crippen LogP contribution in [0.2, 0.25) is 0 Å². The van der Waals surface area contributed by atoms with Crippen LogP contribution >= 0.6 is 0 Å². The lowest BCUT2D eigenvalue weighted by Crippen LogP contribution is -2.00. The van der Waals surface area contributed by atoms with E-state index < -0.39 is 0 Å². The molecule has 314 valence electrons. The molecular weight excluding hydrogens is 819 g/mol. The molecule has 0 radical (unpaired) electrons. The van der Waals surface area contributed by atoms with Crippen molar-refractivity contribution in [1.29, 1.82) is 0 Å². The molecule has 3 heterocycles. The maximum absolute atomic E-state index is 4.99. The van der Waals surface area contributed by atoms with Crippen molar-refractivity contribution in [3.8, 4) is 96.3 Å². The molecule has 0 unspecified atom stereocenters. The smallest absolute Gasteiger partial charge is 0.164 e. The van der Waals surface area contributed by atoms with Crippen LogP contribution in [0.4, 0.5) is 0 Å². The van der Waals surface area contributed by atoms with Crippen LogP contribution in [-0.2, 0) is 0 Å². The summed E-state index contributed by atoms with van der Waals surface area (Å²) in [6.45, 7) is 0. The summed E-state index contributed by atoms with van der Waals surface area (Å²) < 4.78 is 2.42. The number of hydrogen-bond acceptors (Lipinski definition) is 6. The summed E-state index contributed by atoms with van der Waals surface area (Å²) in [5.41, 5.74) is 13.3. The molecule has 12 aromatic rings. The number of benzene rings is 9. The molecule has 0 aliphatic carbocycles. The molecule has 7 heteroatoms. The topological polar surface area (TPSA) is 82.3 Å². The Hall–Kier alpha value is -9.20. The van der Waals surface area contributed by atoms with Crippen molar-refractivity contribution >= 4 is 21.8 Å². The molecule has 0 atom stereocenters. The fourth-order valence-corrected chi connectivity index (χ4v) is 8.89. The third-order valence-corrected chi connectivity index (χ3v) is 12.1. The standard InChI is InChI=1S/C60H39N7/c1-6-18-42(19-7-1)55-61-56(43-20-8-2-9-21-43)64-59(63-55)46-36-32-40(33-37-46)49-28-16-30-51-52-31-17-29-50(54(52)67(53(49)51)48-26-14-5-15-27-48)41-34-38-47(39-35-41)60-65-57(44-22-10-3-11-23-44)62-58(66-60)45-24-12-4-13-25-45/h1-39H. The van der Waals surface area contributed by atoms with Crippen LogP contribution in [0, 0.1) is 0 Å². The van der Waals surface area contributed by atoms with Gasteiger partial charge in [-0.05, 0) is 23.3 Å². The number of rotatable bonds is 9. The molecule has 12 rings (SSSR count). The second kappa shape index (κ2) is 17.1. The first-order valence-corrected chi connectivity index (χ1v) is 22.3. The Labute approximate surface area is 387 Å². The average Bonchev–Trinajstić information content (AvgIpc) is 3.77. The fourth-order valence-electron chi connectivity index (χ4n) is 8.89. The van der Waals surface area contributed by atoms with Gasteiger partial charge in [0, 0.05) is 61.0 Å². The van der Waals surface area contributed by atoms with Crippen LogP contribution < -0.4 is 0 Å². The molecular formula is C60H39N7. The molecule has 0 spiro atoms. The second-order valence-corrected chi connectivity index (χ2v) is 16.3. The Bertz CT molecular complexity index is 3350. The Kier molecular flexibility index (Phi) is 10.0. The third kappa shape index (κ3) is 7.50. The molecule has 9 aromatic carbocycles. The Morgan fingerprint density at radius 1 is 0.209 bits per heavy atom. The summed E-state index contributed by atoms with van der Waals surface area (Å²) in [6.07, 6.45) is 0. The van der Waals surface area contributed by atoms with E-state index in [9.17, 15) is 0 Å². The molecule has 0 saturated carbocycles. The Balaban J connectivity index is 0.970. The predicted molar refractivity (Wildman–Crippen MR) is 271 cm³/mol. The van der Waals surface area contributed by atoms with E-state index in [1.807, 2.05) is 121 Å². The lowest BCUT2D eigenvalue weighted by atomic mass is 9.99. The van der Waals surface area contributed by atoms with Gasteiger partial charge in [0.05, 0.1) is 11.0 Å². The first-order chi connectivity index (χ1) is 33.2. The summed E-state index contributed by atoms with van der Waals surface area (Å²) >= 11 is 0. The minimum Gasteiger partial charge on any atom is -0.308 e. The van der Waals surface area contributed by atoms with Crippen LogP contribution in [0.1, 0.15) is 0 Å². The molecule has 0 aliphatic heterocycles. The van der Waals surface area contributed by atoms with E-state index in [2.05, 4.69) is 120 Å². The molecule has 0 aliphatic rings. The molecule has 7 nitrogen and oxygen atoms in total. The minimum absolute atomic E-state index is 0.621. The quantitative estimate of drug-likeness (QED) is 0.144. The molecule has 0 bridgehead atoms. The van der Waals surface area contributed by atoms with Gasteiger partial charge >= 0.3 is 0 Å². The van der Waals surface area contributed by atoms with Crippen molar-refractivity contribution in [2.24, 2.45) is 0 Å². The van der Waals surface area contributed by atoms with Crippen molar-refractivity contribution in [3.63, 3.8) is 0 Å². The third-order valence-electron chi connectivity index (χ3n) is 12.1. The largest absolute Gasteiger partial charge is 0.308 e. The molecule has 67 heavy (non-hydrogen) atoms. The van der Waals surface area contributed by atoms with E-state index in [0.29, 0.717) is 34.9 Å². The van der Waals surface area contributed by atoms with Gasteiger partial charge in [-0.3, -0.25) is 0 Å². The molecule has 0 amide bonds. The SMILES string of the molecule is c1ccc(-c2nc(-c3ccccc3)nc(-c3ccc(-c4cccc5c6cccc(-c7ccc(-c8nc(-c9ccccc9)nc(-c9ccccc9)n8)cc7)c6n(-c6ccccc6)c45)cc3)n2)cc1. The molecule has 0 N–H and O–H groups in total. The zero-order chi connectivity index (χ0) is 44.5. The molecule has 0 fully saturated rings. The fraction of sp³-hybridized carbons (Fsp3) is 0. The van der Waals surface area contributed by atoms with Crippen LogP contribution in [0.25, 0.3) is 118 Å². The zero-order valence-electron chi connectivity index (χ0n) is 36.1. The van der Waals surface area contributed by atoms with Crippen molar-refractivity contribution in [2.75, 3.05) is 0 Å². The average molecular weight is 858 g/mol. The number of fused-ring (bicyclic) bond motifs is 3. The Morgan fingerprint density at radius 2 is 0.463 bits per heavy atom. The maximum atomic E-state index is 4.99. The van der Waals surface area contributed by atoms with Crippen LogP contribution in [0.3, 0.4) is 0 Å². The summed E-state index contributed by atoms with van der Waals surface area (Å²) in [5, 5.41) is 2.34.